The van der Waals surface area contributed by atoms with Gasteiger partial charge in [0, 0.05) is 16.9 Å². The van der Waals surface area contributed by atoms with Crippen molar-refractivity contribution < 1.29 is 18.4 Å². The Hall–Kier alpha value is -2.75. The number of carbonyl (C=O) groups excluding carboxylic acids is 2. The minimum atomic E-state index is -0.576. The van der Waals surface area contributed by atoms with Gasteiger partial charge in [-0.3, -0.25) is 14.9 Å². The molecule has 0 aliphatic heterocycles. The lowest BCUT2D eigenvalue weighted by molar-refractivity contribution is 0.0948. The Morgan fingerprint density at radius 1 is 1.00 bits per heavy atom. The van der Waals surface area contributed by atoms with Crippen LogP contribution in [0.15, 0.2) is 63.7 Å². The second-order valence-corrected chi connectivity index (χ2v) is 7.27. The van der Waals surface area contributed by atoms with Crippen molar-refractivity contribution in [2.45, 2.75) is 0 Å². The number of furan rings is 1. The van der Waals surface area contributed by atoms with E-state index in [0.717, 1.165) is 6.07 Å². The van der Waals surface area contributed by atoms with Crippen molar-refractivity contribution in [2.24, 2.45) is 0 Å². The maximum Gasteiger partial charge on any atom is 0.293 e. The van der Waals surface area contributed by atoms with E-state index in [1.807, 2.05) is 0 Å². The molecule has 0 unspecified atom stereocenters. The van der Waals surface area contributed by atoms with Crippen molar-refractivity contribution in [3.8, 4) is 0 Å². The third kappa shape index (κ3) is 5.63. The number of thiocarbonyl (C=S) groups is 1. The molecule has 0 spiro atoms. The fourth-order valence-electron chi connectivity index (χ4n) is 2.28. The van der Waals surface area contributed by atoms with Crippen LogP contribution in [0.2, 0.25) is 5.02 Å². The normalized spacial score (nSPS) is 10.3. The van der Waals surface area contributed by atoms with E-state index in [9.17, 15) is 14.0 Å². The predicted octanol–water partition coefficient (Wildman–Crippen LogP) is 5.21. The molecule has 0 fully saturated rings. The zero-order valence-corrected chi connectivity index (χ0v) is 17.6. The number of hydrogen-bond acceptors (Lipinski definition) is 4. The summed E-state index contributed by atoms with van der Waals surface area (Å²) in [5.41, 5.74) is 1.16. The van der Waals surface area contributed by atoms with Gasteiger partial charge in [-0.1, -0.05) is 17.7 Å². The van der Waals surface area contributed by atoms with Gasteiger partial charge in [0.2, 0.25) is 0 Å². The highest BCUT2D eigenvalue weighted by molar-refractivity contribution is 9.10. The van der Waals surface area contributed by atoms with Crippen molar-refractivity contribution in [3.05, 3.63) is 81.4 Å². The molecule has 29 heavy (non-hydrogen) atoms. The highest BCUT2D eigenvalue weighted by Crippen LogP contribution is 2.20. The maximum atomic E-state index is 13.2. The number of rotatable bonds is 4. The molecule has 6 nitrogen and oxygen atoms in total. The third-order valence-electron chi connectivity index (χ3n) is 3.58. The average molecular weight is 497 g/mol. The average Bonchev–Trinajstić information content (AvgIpc) is 3.11. The molecule has 1 aromatic heterocycles. The highest BCUT2D eigenvalue weighted by Gasteiger charge is 2.13. The summed E-state index contributed by atoms with van der Waals surface area (Å²) < 4.78 is 18.8. The molecule has 0 radical (unpaired) electrons. The molecule has 3 aromatic rings. The molecular formula is C19H12BrClFN3O3S. The number of amides is 2. The van der Waals surface area contributed by atoms with E-state index >= 15 is 0 Å². The van der Waals surface area contributed by atoms with Crippen LogP contribution in [0.4, 0.5) is 15.8 Å². The molecule has 0 atom stereocenters. The van der Waals surface area contributed by atoms with Gasteiger partial charge >= 0.3 is 0 Å². The quantitative estimate of drug-likeness (QED) is 0.432. The van der Waals surface area contributed by atoms with Crippen LogP contribution in [0.1, 0.15) is 20.9 Å². The Morgan fingerprint density at radius 3 is 2.45 bits per heavy atom. The summed E-state index contributed by atoms with van der Waals surface area (Å²) in [5.74, 6) is -1.43. The molecule has 3 N–H and O–H groups in total. The van der Waals surface area contributed by atoms with Gasteiger partial charge in [0.05, 0.1) is 5.02 Å². The second-order valence-electron chi connectivity index (χ2n) is 5.68. The van der Waals surface area contributed by atoms with Gasteiger partial charge in [0.1, 0.15) is 5.82 Å². The Balaban J connectivity index is 1.63. The van der Waals surface area contributed by atoms with Crippen LogP contribution in [0, 0.1) is 5.82 Å². The summed E-state index contributed by atoms with van der Waals surface area (Å²) in [4.78, 5) is 24.5. The van der Waals surface area contributed by atoms with Crippen LogP contribution in [0.5, 0.6) is 0 Å². The van der Waals surface area contributed by atoms with E-state index in [2.05, 4.69) is 31.9 Å². The van der Waals surface area contributed by atoms with Gasteiger partial charge < -0.3 is 15.1 Å². The van der Waals surface area contributed by atoms with Gasteiger partial charge in [0.15, 0.2) is 15.5 Å². The summed E-state index contributed by atoms with van der Waals surface area (Å²) in [6.45, 7) is 0. The largest absolute Gasteiger partial charge is 0.444 e. The minimum Gasteiger partial charge on any atom is -0.444 e. The van der Waals surface area contributed by atoms with Gasteiger partial charge in [-0.2, -0.15) is 0 Å². The highest BCUT2D eigenvalue weighted by atomic mass is 79.9. The molecule has 10 heteroatoms. The molecule has 3 rings (SSSR count). The summed E-state index contributed by atoms with van der Waals surface area (Å²) in [5, 5.41) is 7.86. The van der Waals surface area contributed by atoms with Crippen molar-refractivity contribution in [2.75, 3.05) is 10.6 Å². The van der Waals surface area contributed by atoms with E-state index in [-0.39, 0.29) is 15.9 Å². The SMILES string of the molecule is O=C(Nc1ccc(F)c(Cl)c1)c1cccc(NC(=S)NC(=O)c2ccc(Br)o2)c1. The minimum absolute atomic E-state index is 0.0328. The number of halogens is 3. The molecule has 1 heterocycles. The summed E-state index contributed by atoms with van der Waals surface area (Å²) in [7, 11) is 0. The number of nitrogens with one attached hydrogen (secondary N) is 3. The van der Waals surface area contributed by atoms with Gasteiger partial charge in [0.25, 0.3) is 11.8 Å². The van der Waals surface area contributed by atoms with Crippen molar-refractivity contribution in [1.29, 1.82) is 0 Å². The molecule has 148 valence electrons. The number of benzene rings is 2. The van der Waals surface area contributed by atoms with Crippen molar-refractivity contribution in [1.82, 2.24) is 5.32 Å². The van der Waals surface area contributed by atoms with E-state index in [0.29, 0.717) is 21.6 Å². The Kier molecular flexibility index (Phi) is 6.63. The predicted molar refractivity (Wildman–Crippen MR) is 116 cm³/mol. The Bertz CT molecular complexity index is 1110. The first-order valence-corrected chi connectivity index (χ1v) is 9.64. The van der Waals surface area contributed by atoms with E-state index in [1.165, 1.54) is 18.2 Å². The van der Waals surface area contributed by atoms with E-state index in [4.69, 9.17) is 28.2 Å². The molecule has 0 aliphatic rings. The zero-order chi connectivity index (χ0) is 21.0. The van der Waals surface area contributed by atoms with Gasteiger partial charge in [-0.05, 0) is 76.7 Å². The first-order chi connectivity index (χ1) is 13.8. The van der Waals surface area contributed by atoms with Crippen LogP contribution in [0.25, 0.3) is 0 Å². The molecule has 0 bridgehead atoms. The smallest absolute Gasteiger partial charge is 0.293 e. The van der Waals surface area contributed by atoms with Crippen molar-refractivity contribution >= 4 is 68.1 Å². The molecular weight excluding hydrogens is 485 g/mol. The van der Waals surface area contributed by atoms with Crippen LogP contribution in [-0.4, -0.2) is 16.9 Å². The monoisotopic (exact) mass is 495 g/mol. The second kappa shape index (κ2) is 9.17. The number of anilines is 2. The number of carbonyl (C=O) groups is 2. The summed E-state index contributed by atoms with van der Waals surface area (Å²) in [6.07, 6.45) is 0. The summed E-state index contributed by atoms with van der Waals surface area (Å²) in [6, 6.07) is 13.4. The standard InChI is InChI=1S/C19H12BrClFN3O3S/c20-16-7-6-15(28-16)18(27)25-19(29)24-11-3-1-2-10(8-11)17(26)23-12-4-5-14(22)13(21)9-12/h1-9H,(H,23,26)(H2,24,25,27,29). The van der Waals surface area contributed by atoms with Crippen LogP contribution in [-0.2, 0) is 0 Å². The van der Waals surface area contributed by atoms with Crippen molar-refractivity contribution in [3.63, 3.8) is 0 Å². The Morgan fingerprint density at radius 2 is 1.76 bits per heavy atom. The van der Waals surface area contributed by atoms with E-state index < -0.39 is 17.6 Å². The van der Waals surface area contributed by atoms with Gasteiger partial charge in [-0.25, -0.2) is 4.39 Å². The molecule has 2 amide bonds. The van der Waals surface area contributed by atoms with E-state index in [1.54, 1.807) is 30.3 Å². The maximum absolute atomic E-state index is 13.2. The first kappa shape index (κ1) is 21.0. The lowest BCUT2D eigenvalue weighted by Gasteiger charge is -2.10. The molecule has 0 saturated heterocycles. The molecule has 0 aliphatic carbocycles. The fourth-order valence-corrected chi connectivity index (χ4v) is 2.98. The number of hydrogen-bond donors (Lipinski definition) is 3. The first-order valence-electron chi connectivity index (χ1n) is 8.06. The lowest BCUT2D eigenvalue weighted by Crippen LogP contribution is -2.33. The van der Waals surface area contributed by atoms with Crippen LogP contribution in [0.3, 0.4) is 0 Å². The third-order valence-corrected chi connectivity index (χ3v) is 4.50. The summed E-state index contributed by atoms with van der Waals surface area (Å²) >= 11 is 13.9. The fraction of sp³-hybridized carbons (Fsp3) is 0. The van der Waals surface area contributed by atoms with Crippen LogP contribution < -0.4 is 16.0 Å². The topological polar surface area (TPSA) is 83.4 Å². The molecule has 2 aromatic carbocycles. The Labute approximate surface area is 183 Å². The van der Waals surface area contributed by atoms with Gasteiger partial charge in [-0.15, -0.1) is 0 Å². The van der Waals surface area contributed by atoms with Crippen LogP contribution >= 0.6 is 39.7 Å². The zero-order valence-electron chi connectivity index (χ0n) is 14.5. The molecule has 0 saturated carbocycles. The lowest BCUT2D eigenvalue weighted by atomic mass is 10.2.